The number of hydrogen-bond acceptors (Lipinski definition) is 2. The molecule has 0 aliphatic heterocycles. The molecule has 0 heterocycles. The first kappa shape index (κ1) is 16.5. The normalized spacial score (nSPS) is 16.4. The molecule has 5 heteroatoms. The average Bonchev–Trinajstić information content (AvgIpc) is 2.38. The molecule has 1 rings (SSSR count). The smallest absolute Gasteiger partial charge is 0.326 e. The van der Waals surface area contributed by atoms with Gasteiger partial charge in [0.25, 0.3) is 0 Å². The van der Waals surface area contributed by atoms with Crippen molar-refractivity contribution in [3.05, 3.63) is 11.6 Å². The maximum atomic E-state index is 11.7. The summed E-state index contributed by atoms with van der Waals surface area (Å²) in [6, 6.07) is -1.21. The summed E-state index contributed by atoms with van der Waals surface area (Å²) in [6.07, 6.45) is 8.29. The van der Waals surface area contributed by atoms with Crippen molar-refractivity contribution in [3.63, 3.8) is 0 Å². The topological polar surface area (TPSA) is 78.4 Å². The highest BCUT2D eigenvalue weighted by Crippen LogP contribution is 2.19. The van der Waals surface area contributed by atoms with Gasteiger partial charge in [-0.2, -0.15) is 0 Å². The molecule has 0 bridgehead atoms. The molecule has 1 aliphatic rings. The van der Waals surface area contributed by atoms with Gasteiger partial charge in [-0.05, 0) is 44.4 Å². The standard InChI is InChI=1S/C15H26N2O3/c1-11(2)10-13(14(18)19)17-15(20)16-9-8-12-6-4-3-5-7-12/h6,11,13H,3-5,7-10H2,1-2H3,(H,18,19)(H2,16,17,20)/t13-/m1/s1. The first-order valence-corrected chi connectivity index (χ1v) is 7.44. The lowest BCUT2D eigenvalue weighted by atomic mass is 9.97. The molecule has 0 aromatic rings. The van der Waals surface area contributed by atoms with E-state index in [0.29, 0.717) is 13.0 Å². The number of rotatable bonds is 7. The van der Waals surface area contributed by atoms with Gasteiger partial charge in [0.2, 0.25) is 0 Å². The Morgan fingerprint density at radius 1 is 1.35 bits per heavy atom. The van der Waals surface area contributed by atoms with E-state index in [2.05, 4.69) is 16.7 Å². The van der Waals surface area contributed by atoms with Crippen molar-refractivity contribution < 1.29 is 14.7 Å². The Hall–Kier alpha value is -1.52. The summed E-state index contributed by atoms with van der Waals surface area (Å²) in [4.78, 5) is 22.7. The lowest BCUT2D eigenvalue weighted by molar-refractivity contribution is -0.139. The van der Waals surface area contributed by atoms with Crippen LogP contribution in [-0.2, 0) is 4.79 Å². The van der Waals surface area contributed by atoms with Crippen LogP contribution in [0, 0.1) is 5.92 Å². The predicted octanol–water partition coefficient (Wildman–Crippen LogP) is 2.68. The minimum absolute atomic E-state index is 0.226. The van der Waals surface area contributed by atoms with Crippen LogP contribution in [0.2, 0.25) is 0 Å². The molecule has 0 radical (unpaired) electrons. The molecule has 114 valence electrons. The average molecular weight is 282 g/mol. The molecule has 0 fully saturated rings. The minimum Gasteiger partial charge on any atom is -0.480 e. The van der Waals surface area contributed by atoms with E-state index in [0.717, 1.165) is 19.3 Å². The summed E-state index contributed by atoms with van der Waals surface area (Å²) < 4.78 is 0. The van der Waals surface area contributed by atoms with Crippen molar-refractivity contribution in [1.29, 1.82) is 0 Å². The molecular formula is C15H26N2O3. The molecular weight excluding hydrogens is 256 g/mol. The number of carbonyl (C=O) groups excluding carboxylic acids is 1. The van der Waals surface area contributed by atoms with Crippen molar-refractivity contribution >= 4 is 12.0 Å². The zero-order valence-corrected chi connectivity index (χ0v) is 12.4. The van der Waals surface area contributed by atoms with Crippen LogP contribution < -0.4 is 10.6 Å². The molecule has 1 aliphatic carbocycles. The van der Waals surface area contributed by atoms with Crippen molar-refractivity contribution in [1.82, 2.24) is 10.6 Å². The third-order valence-electron chi connectivity index (χ3n) is 3.43. The highest BCUT2D eigenvalue weighted by molar-refractivity contribution is 5.82. The van der Waals surface area contributed by atoms with Gasteiger partial charge in [-0.25, -0.2) is 9.59 Å². The summed E-state index contributed by atoms with van der Waals surface area (Å²) in [5, 5.41) is 14.3. The number of urea groups is 1. The van der Waals surface area contributed by atoms with Crippen LogP contribution in [0.15, 0.2) is 11.6 Å². The number of aliphatic carboxylic acids is 1. The van der Waals surface area contributed by atoms with Crippen molar-refractivity contribution in [2.24, 2.45) is 5.92 Å². The first-order valence-electron chi connectivity index (χ1n) is 7.44. The van der Waals surface area contributed by atoms with Crippen molar-refractivity contribution in [2.45, 2.75) is 58.4 Å². The maximum Gasteiger partial charge on any atom is 0.326 e. The maximum absolute atomic E-state index is 11.7. The number of nitrogens with one attached hydrogen (secondary N) is 2. The highest BCUT2D eigenvalue weighted by atomic mass is 16.4. The lowest BCUT2D eigenvalue weighted by Crippen LogP contribution is -2.46. The SMILES string of the molecule is CC(C)C[C@@H](NC(=O)NCCC1=CCCCC1)C(=O)O. The van der Waals surface area contributed by atoms with E-state index in [1.807, 2.05) is 13.8 Å². The van der Waals surface area contributed by atoms with Gasteiger partial charge >= 0.3 is 12.0 Å². The van der Waals surface area contributed by atoms with E-state index < -0.39 is 18.0 Å². The van der Waals surface area contributed by atoms with E-state index in [9.17, 15) is 9.59 Å². The Morgan fingerprint density at radius 2 is 2.10 bits per heavy atom. The zero-order chi connectivity index (χ0) is 15.0. The highest BCUT2D eigenvalue weighted by Gasteiger charge is 2.20. The van der Waals surface area contributed by atoms with Gasteiger partial charge < -0.3 is 15.7 Å². The van der Waals surface area contributed by atoms with Gasteiger partial charge in [-0.3, -0.25) is 0 Å². The molecule has 1 atom stereocenters. The fraction of sp³-hybridized carbons (Fsp3) is 0.733. The minimum atomic E-state index is -0.983. The number of hydrogen-bond donors (Lipinski definition) is 3. The van der Waals surface area contributed by atoms with Crippen LogP contribution in [-0.4, -0.2) is 29.7 Å². The number of allylic oxidation sites excluding steroid dienone is 1. The Labute approximate surface area is 120 Å². The van der Waals surface area contributed by atoms with Gasteiger partial charge in [0.1, 0.15) is 6.04 Å². The quantitative estimate of drug-likeness (QED) is 0.628. The summed E-state index contributed by atoms with van der Waals surface area (Å²) in [7, 11) is 0. The van der Waals surface area contributed by atoms with Crippen LogP contribution in [0.25, 0.3) is 0 Å². The Morgan fingerprint density at radius 3 is 2.65 bits per heavy atom. The molecule has 0 unspecified atom stereocenters. The van der Waals surface area contributed by atoms with Crippen LogP contribution in [0.3, 0.4) is 0 Å². The molecule has 0 aromatic heterocycles. The lowest BCUT2D eigenvalue weighted by Gasteiger charge is -2.17. The van der Waals surface area contributed by atoms with Gasteiger partial charge in [0, 0.05) is 6.54 Å². The Balaban J connectivity index is 2.27. The summed E-state index contributed by atoms with van der Waals surface area (Å²) in [6.45, 7) is 4.43. The first-order chi connectivity index (χ1) is 9.49. The van der Waals surface area contributed by atoms with Gasteiger partial charge in [0.15, 0.2) is 0 Å². The molecule has 20 heavy (non-hydrogen) atoms. The van der Waals surface area contributed by atoms with Crippen molar-refractivity contribution in [3.8, 4) is 0 Å². The molecule has 0 spiro atoms. The third kappa shape index (κ3) is 6.59. The number of carbonyl (C=O) groups is 2. The van der Waals surface area contributed by atoms with E-state index in [1.165, 1.54) is 18.4 Å². The molecule has 5 nitrogen and oxygen atoms in total. The summed E-state index contributed by atoms with van der Waals surface area (Å²) in [5.41, 5.74) is 1.40. The summed E-state index contributed by atoms with van der Waals surface area (Å²) in [5.74, 6) is -0.757. The van der Waals surface area contributed by atoms with E-state index >= 15 is 0 Å². The third-order valence-corrected chi connectivity index (χ3v) is 3.43. The summed E-state index contributed by atoms with van der Waals surface area (Å²) >= 11 is 0. The number of carboxylic acids is 1. The molecule has 2 amide bonds. The molecule has 3 N–H and O–H groups in total. The predicted molar refractivity (Wildman–Crippen MR) is 78.6 cm³/mol. The number of carboxylic acid groups (broad SMARTS) is 1. The fourth-order valence-corrected chi connectivity index (χ4v) is 2.37. The van der Waals surface area contributed by atoms with Crippen LogP contribution in [0.1, 0.15) is 52.4 Å². The number of amides is 2. The van der Waals surface area contributed by atoms with Crippen LogP contribution in [0.4, 0.5) is 4.79 Å². The second-order valence-corrected chi connectivity index (χ2v) is 5.78. The van der Waals surface area contributed by atoms with E-state index in [-0.39, 0.29) is 5.92 Å². The van der Waals surface area contributed by atoms with Gasteiger partial charge in [-0.1, -0.05) is 25.5 Å². The fourth-order valence-electron chi connectivity index (χ4n) is 2.37. The molecule has 0 aromatic carbocycles. The van der Waals surface area contributed by atoms with Gasteiger partial charge in [0.05, 0.1) is 0 Å². The second kappa shape index (κ2) is 8.61. The largest absolute Gasteiger partial charge is 0.480 e. The molecule has 0 saturated heterocycles. The Kier molecular flexibility index (Phi) is 7.12. The molecule has 0 saturated carbocycles. The van der Waals surface area contributed by atoms with E-state index in [1.54, 1.807) is 0 Å². The monoisotopic (exact) mass is 282 g/mol. The van der Waals surface area contributed by atoms with Crippen molar-refractivity contribution in [2.75, 3.05) is 6.54 Å². The second-order valence-electron chi connectivity index (χ2n) is 5.78. The zero-order valence-electron chi connectivity index (χ0n) is 12.4. The Bertz CT molecular complexity index is 364. The van der Waals surface area contributed by atoms with E-state index in [4.69, 9.17) is 5.11 Å². The van der Waals surface area contributed by atoms with Crippen LogP contribution >= 0.6 is 0 Å². The van der Waals surface area contributed by atoms with Gasteiger partial charge in [-0.15, -0.1) is 0 Å². The van der Waals surface area contributed by atoms with Crippen LogP contribution in [0.5, 0.6) is 0 Å².